The molecule has 0 aliphatic heterocycles. The molecule has 1 unspecified atom stereocenters. The van der Waals surface area contributed by atoms with Gasteiger partial charge in [-0.05, 0) is 36.2 Å². The molecule has 0 saturated carbocycles. The lowest BCUT2D eigenvalue weighted by Crippen LogP contribution is -2.24. The molecule has 31 heavy (non-hydrogen) atoms. The molecular formula is C19H19ClF3N5O3. The zero-order valence-corrected chi connectivity index (χ0v) is 16.9. The highest BCUT2D eigenvalue weighted by Crippen LogP contribution is 2.18. The van der Waals surface area contributed by atoms with Gasteiger partial charge in [-0.3, -0.25) is 0 Å². The van der Waals surface area contributed by atoms with Gasteiger partial charge in [0.15, 0.2) is 5.82 Å². The van der Waals surface area contributed by atoms with Gasteiger partial charge in [-0.1, -0.05) is 29.8 Å². The summed E-state index contributed by atoms with van der Waals surface area (Å²) in [6, 6.07) is 11.1. The van der Waals surface area contributed by atoms with Crippen molar-refractivity contribution in [3.63, 3.8) is 0 Å². The molecule has 0 aliphatic carbocycles. The number of alkyl halides is 3. The first-order chi connectivity index (χ1) is 14.6. The molecule has 1 aromatic carbocycles. The molecule has 2 aromatic heterocycles. The summed E-state index contributed by atoms with van der Waals surface area (Å²) in [5.74, 6) is -2.04. The number of aliphatic hydroxyl groups is 1. The highest BCUT2D eigenvalue weighted by molar-refractivity contribution is 6.30. The molecule has 166 valence electrons. The summed E-state index contributed by atoms with van der Waals surface area (Å²) < 4.78 is 33.3. The third kappa shape index (κ3) is 7.63. The van der Waals surface area contributed by atoms with Gasteiger partial charge in [0.1, 0.15) is 12.7 Å². The number of benzene rings is 1. The van der Waals surface area contributed by atoms with E-state index in [0.29, 0.717) is 17.4 Å². The van der Waals surface area contributed by atoms with Crippen LogP contribution >= 0.6 is 11.6 Å². The number of carboxylic acids is 1. The number of halogens is 4. The fourth-order valence-corrected chi connectivity index (χ4v) is 2.45. The Labute approximate surface area is 180 Å². The van der Waals surface area contributed by atoms with Crippen LogP contribution in [0.5, 0.6) is 0 Å². The Balaban J connectivity index is 0.000000423. The zero-order valence-electron chi connectivity index (χ0n) is 16.2. The topological polar surface area (TPSA) is 113 Å². The molecule has 12 heteroatoms. The summed E-state index contributed by atoms with van der Waals surface area (Å²) in [4.78, 5) is 17.2. The second-order valence-corrected chi connectivity index (χ2v) is 6.73. The quantitative estimate of drug-likeness (QED) is 0.520. The Morgan fingerprint density at radius 2 is 1.81 bits per heavy atom. The van der Waals surface area contributed by atoms with Crippen LogP contribution in [0.1, 0.15) is 30.2 Å². The molecule has 8 nitrogen and oxygen atoms in total. The van der Waals surface area contributed by atoms with E-state index in [2.05, 4.69) is 20.4 Å². The third-order valence-corrected chi connectivity index (χ3v) is 4.29. The monoisotopic (exact) mass is 457 g/mol. The number of nitrogens with one attached hydrogen (secondary N) is 1. The lowest BCUT2D eigenvalue weighted by Gasteiger charge is -2.18. The van der Waals surface area contributed by atoms with E-state index in [0.717, 1.165) is 11.1 Å². The number of nitrogens with zero attached hydrogens (tertiary/aromatic N) is 4. The largest absolute Gasteiger partial charge is 0.490 e. The Morgan fingerprint density at radius 3 is 2.29 bits per heavy atom. The molecule has 0 aliphatic rings. The molecule has 3 N–H and O–H groups in total. The average Bonchev–Trinajstić information content (AvgIpc) is 3.27. The van der Waals surface area contributed by atoms with Gasteiger partial charge < -0.3 is 15.5 Å². The maximum absolute atomic E-state index is 10.6. The van der Waals surface area contributed by atoms with Crippen LogP contribution in [0.4, 0.5) is 13.2 Å². The van der Waals surface area contributed by atoms with E-state index in [1.165, 1.54) is 6.33 Å². The predicted octanol–water partition coefficient (Wildman–Crippen LogP) is 3.33. The van der Waals surface area contributed by atoms with Gasteiger partial charge in [0.2, 0.25) is 0 Å². The van der Waals surface area contributed by atoms with Crippen molar-refractivity contribution in [2.24, 2.45) is 0 Å². The van der Waals surface area contributed by atoms with Crippen LogP contribution in [-0.4, -0.2) is 48.7 Å². The summed E-state index contributed by atoms with van der Waals surface area (Å²) in [5.41, 5.74) is 1.86. The number of aliphatic hydroxyl groups excluding tert-OH is 1. The zero-order chi connectivity index (χ0) is 23.0. The number of hydrogen-bond acceptors (Lipinski definition) is 6. The number of hydrogen-bond donors (Lipinski definition) is 3. The van der Waals surface area contributed by atoms with E-state index < -0.39 is 18.2 Å². The van der Waals surface area contributed by atoms with Gasteiger partial charge in [0, 0.05) is 23.8 Å². The molecule has 0 bridgehead atoms. The molecule has 0 amide bonds. The van der Waals surface area contributed by atoms with Crippen LogP contribution in [0.3, 0.4) is 0 Å². The van der Waals surface area contributed by atoms with E-state index in [1.807, 2.05) is 31.2 Å². The van der Waals surface area contributed by atoms with Crippen LogP contribution in [-0.2, 0) is 4.79 Å². The highest BCUT2D eigenvalue weighted by Gasteiger charge is 2.38. The van der Waals surface area contributed by atoms with E-state index >= 15 is 0 Å². The Hall–Kier alpha value is -3.02. The Morgan fingerprint density at radius 1 is 1.19 bits per heavy atom. The van der Waals surface area contributed by atoms with Crippen LogP contribution < -0.4 is 5.32 Å². The fraction of sp³-hybridized carbons (Fsp3) is 0.263. The first-order valence-electron chi connectivity index (χ1n) is 8.86. The van der Waals surface area contributed by atoms with Crippen molar-refractivity contribution >= 4 is 17.6 Å². The number of aliphatic carboxylic acids is 1. The number of carboxylic acid groups (broad SMARTS) is 1. The molecule has 0 radical (unpaired) electrons. The van der Waals surface area contributed by atoms with Crippen molar-refractivity contribution in [3.8, 4) is 5.82 Å². The lowest BCUT2D eigenvalue weighted by atomic mass is 10.1. The lowest BCUT2D eigenvalue weighted by molar-refractivity contribution is -0.192. The minimum absolute atomic E-state index is 0.0595. The minimum Gasteiger partial charge on any atom is -0.475 e. The summed E-state index contributed by atoms with van der Waals surface area (Å²) >= 11 is 5.86. The normalized spacial score (nSPS) is 13.1. The predicted molar refractivity (Wildman–Crippen MR) is 106 cm³/mol. The molecule has 0 fully saturated rings. The average molecular weight is 458 g/mol. The maximum atomic E-state index is 10.6. The van der Waals surface area contributed by atoms with Gasteiger partial charge in [-0.25, -0.2) is 19.4 Å². The molecule has 3 rings (SSSR count). The van der Waals surface area contributed by atoms with Gasteiger partial charge in [-0.15, -0.1) is 0 Å². The van der Waals surface area contributed by atoms with Gasteiger partial charge in [0.25, 0.3) is 0 Å². The minimum atomic E-state index is -5.08. The second-order valence-electron chi connectivity index (χ2n) is 6.29. The molecule has 0 saturated heterocycles. The highest BCUT2D eigenvalue weighted by atomic mass is 35.5. The van der Waals surface area contributed by atoms with Gasteiger partial charge in [-0.2, -0.15) is 18.3 Å². The smallest absolute Gasteiger partial charge is 0.475 e. The standard InChI is InChI=1S/C17H18ClN5O.C2HF3O2/c1-12(20-9-16(24)13-2-5-15(18)6-3-13)14-4-7-17(21-8-14)23-11-19-10-22-23;3-2(4,5)1(6)7/h2-8,10-12,16,20,24H,9H2,1H3;(H,6,7)/t12?,16-;/m0./s1. The Bertz CT molecular complexity index is 951. The van der Waals surface area contributed by atoms with E-state index in [9.17, 15) is 18.3 Å². The van der Waals surface area contributed by atoms with E-state index in [-0.39, 0.29) is 6.04 Å². The van der Waals surface area contributed by atoms with Crippen molar-refractivity contribution in [1.82, 2.24) is 25.1 Å². The number of aromatic nitrogens is 4. The van der Waals surface area contributed by atoms with Crippen molar-refractivity contribution in [1.29, 1.82) is 0 Å². The third-order valence-electron chi connectivity index (χ3n) is 4.04. The van der Waals surface area contributed by atoms with E-state index in [1.54, 1.807) is 29.3 Å². The van der Waals surface area contributed by atoms with Crippen molar-refractivity contribution < 1.29 is 28.2 Å². The van der Waals surface area contributed by atoms with Crippen LogP contribution in [0.2, 0.25) is 5.02 Å². The number of pyridine rings is 1. The van der Waals surface area contributed by atoms with Crippen molar-refractivity contribution in [3.05, 3.63) is 71.4 Å². The first-order valence-corrected chi connectivity index (χ1v) is 9.23. The van der Waals surface area contributed by atoms with Crippen LogP contribution in [0.25, 0.3) is 5.82 Å². The second kappa shape index (κ2) is 10.8. The summed E-state index contributed by atoms with van der Waals surface area (Å²) in [6.45, 7) is 2.47. The fourth-order valence-electron chi connectivity index (χ4n) is 2.32. The first kappa shape index (κ1) is 24.3. The molecule has 2 atom stereocenters. The summed E-state index contributed by atoms with van der Waals surface area (Å²) in [5, 5.41) is 25.4. The Kier molecular flexibility index (Phi) is 8.48. The van der Waals surface area contributed by atoms with Crippen LogP contribution in [0.15, 0.2) is 55.2 Å². The van der Waals surface area contributed by atoms with Gasteiger partial charge in [0.05, 0.1) is 6.10 Å². The molecular weight excluding hydrogens is 439 g/mol. The SMILES string of the molecule is CC(NC[C@H](O)c1ccc(Cl)cc1)c1ccc(-n2cncn2)nc1.O=C(O)C(F)(F)F. The summed E-state index contributed by atoms with van der Waals surface area (Å²) in [7, 11) is 0. The maximum Gasteiger partial charge on any atom is 0.490 e. The van der Waals surface area contributed by atoms with Crippen molar-refractivity contribution in [2.75, 3.05) is 6.54 Å². The van der Waals surface area contributed by atoms with E-state index in [4.69, 9.17) is 21.5 Å². The summed E-state index contributed by atoms with van der Waals surface area (Å²) in [6.07, 6.45) is -0.805. The van der Waals surface area contributed by atoms with Crippen molar-refractivity contribution in [2.45, 2.75) is 25.2 Å². The van der Waals surface area contributed by atoms with Crippen LogP contribution in [0, 0.1) is 0 Å². The number of carbonyl (C=O) groups is 1. The molecule has 3 aromatic rings. The van der Waals surface area contributed by atoms with Gasteiger partial charge >= 0.3 is 12.1 Å². The molecule has 0 spiro atoms. The number of rotatable bonds is 6. The molecule has 2 heterocycles.